The van der Waals surface area contributed by atoms with Gasteiger partial charge in [0, 0.05) is 68.5 Å². The smallest absolute Gasteiger partial charge is 0.229 e. The zero-order valence-corrected chi connectivity index (χ0v) is 22.7. The largest absolute Gasteiger partial charge is 0.376 e. The average Bonchev–Trinajstić information content (AvgIpc) is 3.33. The van der Waals surface area contributed by atoms with Gasteiger partial charge < -0.3 is 15.0 Å². The first-order chi connectivity index (χ1) is 18.3. The molecule has 1 aromatic carbocycles. The van der Waals surface area contributed by atoms with Crippen LogP contribution in [0.15, 0.2) is 36.8 Å². The van der Waals surface area contributed by atoms with E-state index in [0.717, 1.165) is 48.9 Å². The summed E-state index contributed by atoms with van der Waals surface area (Å²) in [5.74, 6) is 1.10. The molecule has 2 aliphatic heterocycles. The van der Waals surface area contributed by atoms with Crippen molar-refractivity contribution in [2.75, 3.05) is 49.6 Å². The molecule has 3 fully saturated rings. The lowest BCUT2D eigenvalue weighted by Crippen LogP contribution is -2.59. The van der Waals surface area contributed by atoms with Gasteiger partial charge in [-0.3, -0.25) is 14.4 Å². The van der Waals surface area contributed by atoms with Gasteiger partial charge in [0.25, 0.3) is 0 Å². The van der Waals surface area contributed by atoms with E-state index in [4.69, 9.17) is 4.74 Å². The van der Waals surface area contributed by atoms with Gasteiger partial charge in [-0.25, -0.2) is 9.37 Å². The van der Waals surface area contributed by atoms with Crippen LogP contribution in [0.3, 0.4) is 0 Å². The Morgan fingerprint density at radius 1 is 1.18 bits per heavy atom. The Balaban J connectivity index is 1.16. The van der Waals surface area contributed by atoms with Crippen molar-refractivity contribution in [2.45, 2.75) is 44.8 Å². The molecule has 0 radical (unpaired) electrons. The van der Waals surface area contributed by atoms with Crippen LogP contribution in [-0.2, 0) is 16.6 Å². The number of hydrogen-bond acceptors (Lipinski definition) is 6. The van der Waals surface area contributed by atoms with Crippen LogP contribution in [0.2, 0.25) is 0 Å². The number of anilines is 2. The molecule has 1 N–H and O–H groups in total. The maximum absolute atomic E-state index is 14.5. The molecule has 3 aromatic rings. The summed E-state index contributed by atoms with van der Waals surface area (Å²) in [4.78, 5) is 22.4. The molecule has 0 bridgehead atoms. The summed E-state index contributed by atoms with van der Waals surface area (Å²) in [5, 5.41) is 9.46. The summed E-state index contributed by atoms with van der Waals surface area (Å²) in [5.41, 5.74) is 2.96. The van der Waals surface area contributed by atoms with Gasteiger partial charge in [0.05, 0.1) is 24.9 Å². The Bertz CT molecular complexity index is 1350. The number of aromatic nitrogens is 3. The Morgan fingerprint density at radius 3 is 2.63 bits per heavy atom. The van der Waals surface area contributed by atoms with E-state index in [1.165, 1.54) is 11.3 Å². The fourth-order valence-electron chi connectivity index (χ4n) is 6.61. The van der Waals surface area contributed by atoms with E-state index in [2.05, 4.69) is 51.2 Å². The first-order valence-corrected chi connectivity index (χ1v) is 13.7. The number of nitrogens with one attached hydrogen (secondary N) is 1. The SMILES string of the molecule is CC[C@H]1[C@@H](C(=O)Nc2cc3cc(N4CCN([C@@]5(C)COC[C@H]5F)CC4)c(C)cc3cn2)[C@@H]1c1cnn(C)c1. The highest BCUT2D eigenvalue weighted by Crippen LogP contribution is 2.56. The summed E-state index contributed by atoms with van der Waals surface area (Å²) in [7, 11) is 1.90. The molecule has 6 rings (SSSR count). The van der Waals surface area contributed by atoms with Crippen molar-refractivity contribution in [3.8, 4) is 0 Å². The predicted molar refractivity (Wildman–Crippen MR) is 146 cm³/mol. The Hall–Kier alpha value is -3.04. The van der Waals surface area contributed by atoms with Crippen LogP contribution in [0.25, 0.3) is 10.8 Å². The molecule has 1 saturated carbocycles. The highest BCUT2D eigenvalue weighted by molar-refractivity contribution is 5.97. The van der Waals surface area contributed by atoms with Crippen molar-refractivity contribution in [3.63, 3.8) is 0 Å². The van der Waals surface area contributed by atoms with E-state index < -0.39 is 11.7 Å². The molecule has 1 amide bonds. The lowest BCUT2D eigenvalue weighted by molar-refractivity contribution is -0.117. The lowest BCUT2D eigenvalue weighted by atomic mass is 9.96. The number of halogens is 1. The van der Waals surface area contributed by atoms with E-state index in [9.17, 15) is 9.18 Å². The van der Waals surface area contributed by atoms with Gasteiger partial charge in [-0.05, 0) is 54.5 Å². The number of piperazine rings is 1. The summed E-state index contributed by atoms with van der Waals surface area (Å²) >= 11 is 0. The second-order valence-corrected chi connectivity index (χ2v) is 11.4. The number of aryl methyl sites for hydroxylation is 2. The predicted octanol–water partition coefficient (Wildman–Crippen LogP) is 3.90. The average molecular weight is 521 g/mol. The number of rotatable bonds is 6. The molecule has 8 nitrogen and oxygen atoms in total. The van der Waals surface area contributed by atoms with Crippen LogP contribution in [0.5, 0.6) is 0 Å². The number of benzene rings is 1. The van der Waals surface area contributed by atoms with E-state index in [-0.39, 0.29) is 24.3 Å². The van der Waals surface area contributed by atoms with Gasteiger partial charge in [-0.15, -0.1) is 0 Å². The standard InChI is InChI=1S/C29H37FN6O2/c1-5-22-26(21-14-32-34(4)15-21)27(22)28(37)33-25-12-19-11-23(18(2)10-20(19)13-31-25)35-6-8-36(9-7-35)29(3)17-38-16-24(29)30/h10-15,22,24,26-27H,5-9,16-17H2,1-4H3,(H,31,33,37)/t22-,24-,26-,27-,29+/m1/s1. The molecule has 0 spiro atoms. The quantitative estimate of drug-likeness (QED) is 0.531. The topological polar surface area (TPSA) is 75.5 Å². The Morgan fingerprint density at radius 2 is 1.97 bits per heavy atom. The summed E-state index contributed by atoms with van der Waals surface area (Å²) < 4.78 is 21.8. The molecular formula is C29H37FN6O2. The summed E-state index contributed by atoms with van der Waals surface area (Å²) in [6, 6.07) is 6.33. The van der Waals surface area contributed by atoms with Crippen LogP contribution >= 0.6 is 0 Å². The minimum Gasteiger partial charge on any atom is -0.376 e. The minimum absolute atomic E-state index is 0.0246. The zero-order chi connectivity index (χ0) is 26.6. The first-order valence-electron chi connectivity index (χ1n) is 13.7. The maximum Gasteiger partial charge on any atom is 0.229 e. The number of amides is 1. The van der Waals surface area contributed by atoms with E-state index >= 15 is 0 Å². The van der Waals surface area contributed by atoms with Gasteiger partial charge >= 0.3 is 0 Å². The molecule has 3 aliphatic rings. The Kier molecular flexibility index (Phi) is 6.39. The van der Waals surface area contributed by atoms with Gasteiger partial charge in [0.1, 0.15) is 12.0 Å². The van der Waals surface area contributed by atoms with E-state index in [0.29, 0.717) is 18.3 Å². The van der Waals surface area contributed by atoms with E-state index in [1.807, 2.05) is 38.6 Å². The minimum atomic E-state index is -0.944. The fourth-order valence-corrected chi connectivity index (χ4v) is 6.61. The molecule has 4 heterocycles. The van der Waals surface area contributed by atoms with Gasteiger partial charge in [-0.1, -0.05) is 13.3 Å². The number of ether oxygens (including phenoxy) is 1. The second-order valence-electron chi connectivity index (χ2n) is 11.4. The maximum atomic E-state index is 14.5. The highest BCUT2D eigenvalue weighted by atomic mass is 19.1. The molecule has 9 heteroatoms. The number of carbonyl (C=O) groups excluding carboxylic acids is 1. The van der Waals surface area contributed by atoms with Crippen molar-refractivity contribution in [1.82, 2.24) is 19.7 Å². The van der Waals surface area contributed by atoms with Crippen LogP contribution in [-0.4, -0.2) is 76.7 Å². The molecule has 0 unspecified atom stereocenters. The van der Waals surface area contributed by atoms with Gasteiger partial charge in [-0.2, -0.15) is 5.10 Å². The summed E-state index contributed by atoms with van der Waals surface area (Å²) in [6.45, 7) is 10.1. The van der Waals surface area contributed by atoms with Crippen LogP contribution in [0.4, 0.5) is 15.9 Å². The lowest BCUT2D eigenvalue weighted by Gasteiger charge is -2.45. The van der Waals surface area contributed by atoms with Crippen LogP contribution in [0, 0.1) is 18.8 Å². The third-order valence-electron chi connectivity index (χ3n) is 9.02. The molecular weight excluding hydrogens is 483 g/mol. The molecule has 1 aliphatic carbocycles. The van der Waals surface area contributed by atoms with Crippen molar-refractivity contribution < 1.29 is 13.9 Å². The summed E-state index contributed by atoms with van der Waals surface area (Å²) in [6.07, 6.45) is 5.73. The highest BCUT2D eigenvalue weighted by Gasteiger charge is 2.54. The molecule has 2 aromatic heterocycles. The number of alkyl halides is 1. The molecule has 5 atom stereocenters. The fraction of sp³-hybridized carbons (Fsp3) is 0.552. The monoisotopic (exact) mass is 520 g/mol. The number of carbonyl (C=O) groups is 1. The number of fused-ring (bicyclic) bond motifs is 1. The molecule has 38 heavy (non-hydrogen) atoms. The van der Waals surface area contributed by atoms with Gasteiger partial charge in [0.2, 0.25) is 5.91 Å². The number of hydrogen-bond donors (Lipinski definition) is 1. The number of nitrogens with zero attached hydrogens (tertiary/aromatic N) is 5. The molecule has 202 valence electrons. The van der Waals surface area contributed by atoms with Crippen molar-refractivity contribution >= 4 is 28.2 Å². The Labute approximate surface area is 223 Å². The van der Waals surface area contributed by atoms with Crippen molar-refractivity contribution in [3.05, 3.63) is 47.9 Å². The third kappa shape index (κ3) is 4.35. The van der Waals surface area contributed by atoms with Gasteiger partial charge in [0.15, 0.2) is 0 Å². The zero-order valence-electron chi connectivity index (χ0n) is 22.7. The van der Waals surface area contributed by atoms with Crippen LogP contribution < -0.4 is 10.2 Å². The van der Waals surface area contributed by atoms with Crippen molar-refractivity contribution in [2.24, 2.45) is 18.9 Å². The van der Waals surface area contributed by atoms with Crippen molar-refractivity contribution in [1.29, 1.82) is 0 Å². The first kappa shape index (κ1) is 25.2. The molecule has 2 saturated heterocycles. The van der Waals surface area contributed by atoms with Crippen LogP contribution in [0.1, 0.15) is 37.3 Å². The third-order valence-corrected chi connectivity index (χ3v) is 9.02. The number of pyridine rings is 1. The van der Waals surface area contributed by atoms with E-state index in [1.54, 1.807) is 4.68 Å². The normalized spacial score (nSPS) is 29.7. The second kappa shape index (κ2) is 9.61.